The van der Waals surface area contributed by atoms with Crippen molar-refractivity contribution in [1.82, 2.24) is 9.80 Å². The number of allylic oxidation sites excluding steroid dienone is 2. The van der Waals surface area contributed by atoms with Gasteiger partial charge in [0.1, 0.15) is 0 Å². The number of hydrogen-bond donors (Lipinski definition) is 1. The molecule has 5 nitrogen and oxygen atoms in total. The van der Waals surface area contributed by atoms with Gasteiger partial charge in [0.2, 0.25) is 5.91 Å². The van der Waals surface area contributed by atoms with E-state index >= 15 is 0 Å². The highest BCUT2D eigenvalue weighted by atomic mass is 16.4. The lowest BCUT2D eigenvalue weighted by Crippen LogP contribution is -2.58. The van der Waals surface area contributed by atoms with Gasteiger partial charge in [-0.2, -0.15) is 0 Å². The summed E-state index contributed by atoms with van der Waals surface area (Å²) in [6.45, 7) is 2.68. The van der Waals surface area contributed by atoms with Crippen molar-refractivity contribution < 1.29 is 14.7 Å². The molecule has 0 radical (unpaired) electrons. The number of rotatable bonds is 3. The van der Waals surface area contributed by atoms with E-state index in [-0.39, 0.29) is 5.91 Å². The normalized spacial score (nSPS) is 33.5. The SMILES string of the molecule is O=C(O)C1(C(=O)N2CCC3C(CCCN3C3CC3)C2)CC=CC1. The second-order valence-corrected chi connectivity index (χ2v) is 7.75. The molecule has 126 valence electrons. The predicted octanol–water partition coefficient (Wildman–Crippen LogP) is 1.88. The molecule has 2 unspecified atom stereocenters. The quantitative estimate of drug-likeness (QED) is 0.637. The van der Waals surface area contributed by atoms with Crippen LogP contribution in [0.15, 0.2) is 12.2 Å². The Morgan fingerprint density at radius 3 is 2.43 bits per heavy atom. The highest BCUT2D eigenvalue weighted by Gasteiger charge is 2.50. The van der Waals surface area contributed by atoms with Gasteiger partial charge in [0.15, 0.2) is 5.41 Å². The van der Waals surface area contributed by atoms with Crippen molar-refractivity contribution in [3.8, 4) is 0 Å². The maximum atomic E-state index is 13.0. The molecule has 2 aliphatic heterocycles. The summed E-state index contributed by atoms with van der Waals surface area (Å²) in [4.78, 5) is 29.2. The molecule has 1 N–H and O–H groups in total. The summed E-state index contributed by atoms with van der Waals surface area (Å²) >= 11 is 0. The highest BCUT2D eigenvalue weighted by Crippen LogP contribution is 2.41. The van der Waals surface area contributed by atoms with Crippen LogP contribution in [0.4, 0.5) is 0 Å². The predicted molar refractivity (Wildman–Crippen MR) is 85.9 cm³/mol. The number of carbonyl (C=O) groups excluding carboxylic acids is 1. The van der Waals surface area contributed by atoms with Gasteiger partial charge in [0.05, 0.1) is 0 Å². The van der Waals surface area contributed by atoms with Crippen LogP contribution in [0.5, 0.6) is 0 Å². The zero-order valence-electron chi connectivity index (χ0n) is 13.6. The molecule has 23 heavy (non-hydrogen) atoms. The summed E-state index contributed by atoms with van der Waals surface area (Å²) in [5, 5.41) is 9.62. The Labute approximate surface area is 137 Å². The third-order valence-corrected chi connectivity index (χ3v) is 6.33. The van der Waals surface area contributed by atoms with Gasteiger partial charge in [0.25, 0.3) is 0 Å². The standard InChI is InChI=1S/C18H26N2O3/c21-16(18(17(22)23)8-1-2-9-18)19-11-7-15-13(12-19)4-3-10-20(15)14-5-6-14/h1-2,13-15H,3-12H2,(H,22,23). The molecule has 4 aliphatic rings. The molecular weight excluding hydrogens is 292 g/mol. The van der Waals surface area contributed by atoms with E-state index in [1.54, 1.807) is 0 Å². The Morgan fingerprint density at radius 1 is 1.04 bits per heavy atom. The van der Waals surface area contributed by atoms with Crippen molar-refractivity contribution >= 4 is 11.9 Å². The third-order valence-electron chi connectivity index (χ3n) is 6.33. The summed E-state index contributed by atoms with van der Waals surface area (Å²) < 4.78 is 0. The summed E-state index contributed by atoms with van der Waals surface area (Å²) in [6, 6.07) is 1.40. The summed E-state index contributed by atoms with van der Waals surface area (Å²) in [6.07, 6.45) is 10.4. The fourth-order valence-electron chi connectivity index (χ4n) is 4.88. The van der Waals surface area contributed by atoms with Gasteiger partial charge in [-0.05, 0) is 57.4 Å². The number of likely N-dealkylation sites (tertiary alicyclic amines) is 2. The molecule has 4 rings (SSSR count). The van der Waals surface area contributed by atoms with Gasteiger partial charge in [-0.1, -0.05) is 12.2 Å². The molecule has 0 aromatic rings. The topological polar surface area (TPSA) is 60.9 Å². The number of fused-ring (bicyclic) bond motifs is 1. The minimum atomic E-state index is -1.22. The van der Waals surface area contributed by atoms with Crippen LogP contribution in [0.2, 0.25) is 0 Å². The van der Waals surface area contributed by atoms with Gasteiger partial charge in [-0.25, -0.2) is 0 Å². The van der Waals surface area contributed by atoms with Gasteiger partial charge in [-0.3, -0.25) is 14.5 Å². The lowest BCUT2D eigenvalue weighted by molar-refractivity contribution is -0.161. The van der Waals surface area contributed by atoms with E-state index in [1.165, 1.54) is 32.2 Å². The molecular formula is C18H26N2O3. The van der Waals surface area contributed by atoms with Crippen molar-refractivity contribution in [1.29, 1.82) is 0 Å². The van der Waals surface area contributed by atoms with Crippen LogP contribution in [0, 0.1) is 11.3 Å². The Bertz CT molecular complexity index is 532. The Morgan fingerprint density at radius 2 is 1.78 bits per heavy atom. The van der Waals surface area contributed by atoms with Crippen molar-refractivity contribution in [2.24, 2.45) is 11.3 Å². The van der Waals surface area contributed by atoms with Crippen LogP contribution in [-0.2, 0) is 9.59 Å². The molecule has 2 saturated heterocycles. The monoisotopic (exact) mass is 318 g/mol. The number of nitrogens with zero attached hydrogens (tertiary/aromatic N) is 2. The van der Waals surface area contributed by atoms with Crippen LogP contribution in [0.25, 0.3) is 0 Å². The third kappa shape index (κ3) is 2.49. The molecule has 0 aromatic carbocycles. The van der Waals surface area contributed by atoms with Gasteiger partial charge in [-0.15, -0.1) is 0 Å². The molecule has 2 heterocycles. The Hall–Kier alpha value is -1.36. The Balaban J connectivity index is 1.47. The van der Waals surface area contributed by atoms with Crippen LogP contribution in [-0.4, -0.2) is 58.5 Å². The van der Waals surface area contributed by atoms with Crippen LogP contribution in [0.3, 0.4) is 0 Å². The van der Waals surface area contributed by atoms with E-state index in [9.17, 15) is 14.7 Å². The molecule has 0 bridgehead atoms. The lowest BCUT2D eigenvalue weighted by Gasteiger charge is -2.48. The van der Waals surface area contributed by atoms with Crippen LogP contribution < -0.4 is 0 Å². The van der Waals surface area contributed by atoms with E-state index in [1.807, 2.05) is 17.1 Å². The number of carboxylic acids is 1. The smallest absolute Gasteiger partial charge is 0.319 e. The molecule has 3 fully saturated rings. The van der Waals surface area contributed by atoms with Crippen molar-refractivity contribution in [3.63, 3.8) is 0 Å². The first-order valence-corrected chi connectivity index (χ1v) is 9.05. The van der Waals surface area contributed by atoms with Crippen molar-refractivity contribution in [2.75, 3.05) is 19.6 Å². The zero-order valence-corrected chi connectivity index (χ0v) is 13.6. The summed E-state index contributed by atoms with van der Waals surface area (Å²) in [5.74, 6) is -0.586. The second kappa shape index (κ2) is 5.62. The van der Waals surface area contributed by atoms with Crippen LogP contribution >= 0.6 is 0 Å². The fraction of sp³-hybridized carbons (Fsp3) is 0.778. The van der Waals surface area contributed by atoms with Gasteiger partial charge >= 0.3 is 5.97 Å². The van der Waals surface area contributed by atoms with E-state index in [0.717, 1.165) is 25.6 Å². The fourth-order valence-corrected chi connectivity index (χ4v) is 4.88. The lowest BCUT2D eigenvalue weighted by atomic mass is 9.80. The molecule has 1 amide bonds. The second-order valence-electron chi connectivity index (χ2n) is 7.75. The number of piperidine rings is 2. The average Bonchev–Trinajstić information content (AvgIpc) is 3.28. The molecule has 0 aromatic heterocycles. The Kier molecular flexibility index (Phi) is 3.71. The zero-order chi connectivity index (χ0) is 16.0. The van der Waals surface area contributed by atoms with Gasteiger partial charge in [0, 0.05) is 25.2 Å². The average molecular weight is 318 g/mol. The van der Waals surface area contributed by atoms with Crippen molar-refractivity contribution in [2.45, 2.75) is 57.0 Å². The first kappa shape index (κ1) is 15.2. The van der Waals surface area contributed by atoms with E-state index in [4.69, 9.17) is 0 Å². The molecule has 2 atom stereocenters. The minimum absolute atomic E-state index is 0.156. The molecule has 5 heteroatoms. The number of carbonyl (C=O) groups is 2. The number of amides is 1. The number of aliphatic carboxylic acids is 1. The molecule has 1 saturated carbocycles. The van der Waals surface area contributed by atoms with E-state index in [0.29, 0.717) is 24.8 Å². The largest absolute Gasteiger partial charge is 0.480 e. The summed E-state index contributed by atoms with van der Waals surface area (Å²) in [7, 11) is 0. The van der Waals surface area contributed by atoms with Crippen LogP contribution in [0.1, 0.15) is 44.9 Å². The first-order chi connectivity index (χ1) is 11.1. The summed E-state index contributed by atoms with van der Waals surface area (Å²) in [5.41, 5.74) is -1.22. The number of carboxylic acid groups (broad SMARTS) is 1. The molecule has 2 aliphatic carbocycles. The van der Waals surface area contributed by atoms with Gasteiger partial charge < -0.3 is 10.0 Å². The van der Waals surface area contributed by atoms with Crippen molar-refractivity contribution in [3.05, 3.63) is 12.2 Å². The highest BCUT2D eigenvalue weighted by molar-refractivity contribution is 6.02. The van der Waals surface area contributed by atoms with E-state index in [2.05, 4.69) is 4.90 Å². The maximum absolute atomic E-state index is 13.0. The maximum Gasteiger partial charge on any atom is 0.319 e. The number of hydrogen-bond acceptors (Lipinski definition) is 3. The first-order valence-electron chi connectivity index (χ1n) is 9.05. The van der Waals surface area contributed by atoms with E-state index < -0.39 is 11.4 Å². The molecule has 0 spiro atoms. The minimum Gasteiger partial charge on any atom is -0.480 e.